The van der Waals surface area contributed by atoms with Crippen LogP contribution in [0.2, 0.25) is 0 Å². The molecule has 28 heavy (non-hydrogen) atoms. The molecule has 0 saturated carbocycles. The van der Waals surface area contributed by atoms with Gasteiger partial charge in [-0.15, -0.1) is 0 Å². The standard InChI is InChI=1S/C24H21NO3/c1-17(24(27)28-16-18-7-3-2-4-8-18)19-11-13-21(14-12-19)25-15-20-9-5-6-10-22(20)23(25)26/h2-14,17H,15-16H2,1H3. The molecule has 0 aliphatic carbocycles. The number of nitrogens with zero attached hydrogens (tertiary/aromatic N) is 1. The second-order valence-corrected chi connectivity index (χ2v) is 6.95. The molecule has 0 N–H and O–H groups in total. The first-order chi connectivity index (χ1) is 13.6. The van der Waals surface area contributed by atoms with Gasteiger partial charge in [-0.1, -0.05) is 60.7 Å². The van der Waals surface area contributed by atoms with Crippen molar-refractivity contribution in [2.24, 2.45) is 0 Å². The number of carbonyl (C=O) groups excluding carboxylic acids is 2. The van der Waals surface area contributed by atoms with Crippen LogP contribution < -0.4 is 4.90 Å². The highest BCUT2D eigenvalue weighted by Gasteiger charge is 2.28. The number of amides is 1. The number of rotatable bonds is 5. The van der Waals surface area contributed by atoms with Crippen molar-refractivity contribution < 1.29 is 14.3 Å². The van der Waals surface area contributed by atoms with Gasteiger partial charge in [0.2, 0.25) is 0 Å². The van der Waals surface area contributed by atoms with Gasteiger partial charge in [0.1, 0.15) is 6.61 Å². The molecule has 1 heterocycles. The molecule has 0 bridgehead atoms. The van der Waals surface area contributed by atoms with Crippen LogP contribution in [0, 0.1) is 0 Å². The molecule has 0 spiro atoms. The molecule has 4 heteroatoms. The SMILES string of the molecule is CC(C(=O)OCc1ccccc1)c1ccc(N2Cc3ccccc3C2=O)cc1. The second-order valence-electron chi connectivity index (χ2n) is 6.95. The maximum absolute atomic E-state index is 12.6. The Bertz CT molecular complexity index is 996. The van der Waals surface area contributed by atoms with Crippen LogP contribution in [0.3, 0.4) is 0 Å². The molecule has 4 rings (SSSR count). The molecule has 1 atom stereocenters. The number of hydrogen-bond donors (Lipinski definition) is 0. The van der Waals surface area contributed by atoms with Gasteiger partial charge in [0.15, 0.2) is 0 Å². The summed E-state index contributed by atoms with van der Waals surface area (Å²) >= 11 is 0. The highest BCUT2D eigenvalue weighted by atomic mass is 16.5. The zero-order chi connectivity index (χ0) is 19.5. The van der Waals surface area contributed by atoms with E-state index in [2.05, 4.69) is 0 Å². The summed E-state index contributed by atoms with van der Waals surface area (Å²) in [6, 6.07) is 24.8. The molecular formula is C24H21NO3. The van der Waals surface area contributed by atoms with E-state index in [4.69, 9.17) is 4.74 Å². The minimum Gasteiger partial charge on any atom is -0.460 e. The Kier molecular flexibility index (Phi) is 4.94. The summed E-state index contributed by atoms with van der Waals surface area (Å²) < 4.78 is 5.43. The van der Waals surface area contributed by atoms with Crippen molar-refractivity contribution in [3.8, 4) is 0 Å². The summed E-state index contributed by atoms with van der Waals surface area (Å²) in [7, 11) is 0. The first-order valence-corrected chi connectivity index (χ1v) is 9.34. The van der Waals surface area contributed by atoms with E-state index in [9.17, 15) is 9.59 Å². The van der Waals surface area contributed by atoms with Gasteiger partial charge in [-0.3, -0.25) is 9.59 Å². The van der Waals surface area contributed by atoms with Gasteiger partial charge < -0.3 is 9.64 Å². The van der Waals surface area contributed by atoms with Crippen LogP contribution in [0.25, 0.3) is 0 Å². The molecular weight excluding hydrogens is 350 g/mol. The molecule has 1 aliphatic heterocycles. The Labute approximate surface area is 164 Å². The van der Waals surface area contributed by atoms with Gasteiger partial charge >= 0.3 is 5.97 Å². The van der Waals surface area contributed by atoms with E-state index < -0.39 is 0 Å². The van der Waals surface area contributed by atoms with Gasteiger partial charge in [0.25, 0.3) is 5.91 Å². The Morgan fingerprint density at radius 2 is 1.64 bits per heavy atom. The first-order valence-electron chi connectivity index (χ1n) is 9.34. The summed E-state index contributed by atoms with van der Waals surface area (Å²) in [6.45, 7) is 2.67. The van der Waals surface area contributed by atoms with Crippen molar-refractivity contribution in [3.05, 3.63) is 101 Å². The average Bonchev–Trinajstić information content (AvgIpc) is 3.09. The van der Waals surface area contributed by atoms with E-state index >= 15 is 0 Å². The minimum absolute atomic E-state index is 0.0127. The third-order valence-electron chi connectivity index (χ3n) is 5.10. The number of anilines is 1. The molecule has 1 amide bonds. The molecule has 0 saturated heterocycles. The fraction of sp³-hybridized carbons (Fsp3) is 0.167. The molecule has 1 aliphatic rings. The van der Waals surface area contributed by atoms with E-state index in [1.54, 1.807) is 4.90 Å². The quantitative estimate of drug-likeness (QED) is 0.611. The lowest BCUT2D eigenvalue weighted by Gasteiger charge is -2.17. The fourth-order valence-electron chi connectivity index (χ4n) is 3.40. The Hall–Kier alpha value is -3.40. The van der Waals surface area contributed by atoms with Crippen LogP contribution in [0.5, 0.6) is 0 Å². The number of carbonyl (C=O) groups is 2. The highest BCUT2D eigenvalue weighted by molar-refractivity contribution is 6.09. The van der Waals surface area contributed by atoms with Crippen LogP contribution in [0.15, 0.2) is 78.9 Å². The van der Waals surface area contributed by atoms with Crippen LogP contribution >= 0.6 is 0 Å². The van der Waals surface area contributed by atoms with Crippen molar-refractivity contribution >= 4 is 17.6 Å². The number of fused-ring (bicyclic) bond motifs is 1. The van der Waals surface area contributed by atoms with Crippen LogP contribution in [0.4, 0.5) is 5.69 Å². The van der Waals surface area contributed by atoms with E-state index in [-0.39, 0.29) is 24.4 Å². The van der Waals surface area contributed by atoms with Gasteiger partial charge in [-0.25, -0.2) is 0 Å². The largest absolute Gasteiger partial charge is 0.460 e. The smallest absolute Gasteiger partial charge is 0.313 e. The zero-order valence-corrected chi connectivity index (χ0v) is 15.7. The molecule has 3 aromatic rings. The topological polar surface area (TPSA) is 46.6 Å². The van der Waals surface area contributed by atoms with E-state index in [0.717, 1.165) is 27.9 Å². The molecule has 0 fully saturated rings. The molecule has 0 aromatic heterocycles. The Balaban J connectivity index is 1.42. The number of ether oxygens (including phenoxy) is 1. The first kappa shape index (κ1) is 18.0. The summed E-state index contributed by atoms with van der Waals surface area (Å²) in [4.78, 5) is 26.7. The number of benzene rings is 3. The third kappa shape index (κ3) is 3.54. The Morgan fingerprint density at radius 3 is 2.36 bits per heavy atom. The summed E-state index contributed by atoms with van der Waals surface area (Å²) in [6.07, 6.45) is 0. The average molecular weight is 371 g/mol. The van der Waals surface area contributed by atoms with Crippen molar-refractivity contribution in [2.45, 2.75) is 26.0 Å². The highest BCUT2D eigenvalue weighted by Crippen LogP contribution is 2.29. The predicted molar refractivity (Wildman–Crippen MR) is 108 cm³/mol. The van der Waals surface area contributed by atoms with Gasteiger partial charge in [0, 0.05) is 11.3 Å². The van der Waals surface area contributed by atoms with Crippen LogP contribution in [0.1, 0.15) is 39.9 Å². The lowest BCUT2D eigenvalue weighted by atomic mass is 10.0. The van der Waals surface area contributed by atoms with E-state index in [1.165, 1.54) is 0 Å². The second kappa shape index (κ2) is 7.69. The van der Waals surface area contributed by atoms with Gasteiger partial charge in [0.05, 0.1) is 12.5 Å². The normalized spacial score (nSPS) is 13.9. The Morgan fingerprint density at radius 1 is 0.964 bits per heavy atom. The van der Waals surface area contributed by atoms with Gasteiger partial charge in [-0.05, 0) is 41.8 Å². The number of hydrogen-bond acceptors (Lipinski definition) is 3. The van der Waals surface area contributed by atoms with E-state index in [1.807, 2.05) is 85.8 Å². The van der Waals surface area contributed by atoms with Crippen molar-refractivity contribution in [2.75, 3.05) is 4.90 Å². The molecule has 0 radical (unpaired) electrons. The van der Waals surface area contributed by atoms with E-state index in [0.29, 0.717) is 6.54 Å². The molecule has 1 unspecified atom stereocenters. The molecule has 140 valence electrons. The third-order valence-corrected chi connectivity index (χ3v) is 5.10. The molecule has 4 nitrogen and oxygen atoms in total. The van der Waals surface area contributed by atoms with Crippen LogP contribution in [-0.4, -0.2) is 11.9 Å². The van der Waals surface area contributed by atoms with Crippen molar-refractivity contribution in [1.82, 2.24) is 0 Å². The predicted octanol–water partition coefficient (Wildman–Crippen LogP) is 4.69. The zero-order valence-electron chi connectivity index (χ0n) is 15.7. The maximum atomic E-state index is 12.6. The van der Waals surface area contributed by atoms with Gasteiger partial charge in [-0.2, -0.15) is 0 Å². The van der Waals surface area contributed by atoms with Crippen molar-refractivity contribution in [3.63, 3.8) is 0 Å². The summed E-state index contributed by atoms with van der Waals surface area (Å²) in [5, 5.41) is 0. The lowest BCUT2D eigenvalue weighted by Crippen LogP contribution is -2.23. The summed E-state index contributed by atoms with van der Waals surface area (Å²) in [5.41, 5.74) is 4.45. The number of esters is 1. The summed E-state index contributed by atoms with van der Waals surface area (Å²) in [5.74, 6) is -0.621. The minimum atomic E-state index is -0.371. The molecule has 3 aromatic carbocycles. The lowest BCUT2D eigenvalue weighted by molar-refractivity contribution is -0.146. The maximum Gasteiger partial charge on any atom is 0.313 e. The van der Waals surface area contributed by atoms with Crippen LogP contribution in [-0.2, 0) is 22.7 Å². The fourth-order valence-corrected chi connectivity index (χ4v) is 3.40. The van der Waals surface area contributed by atoms with Crippen molar-refractivity contribution in [1.29, 1.82) is 0 Å². The monoisotopic (exact) mass is 371 g/mol.